The summed E-state index contributed by atoms with van der Waals surface area (Å²) in [6.07, 6.45) is 15.2. The summed E-state index contributed by atoms with van der Waals surface area (Å²) >= 11 is 0. The molecule has 3 aromatic carbocycles. The Morgan fingerprint density at radius 3 is 2.43 bits per heavy atom. The third kappa shape index (κ3) is 6.59. The van der Waals surface area contributed by atoms with Gasteiger partial charge in [0.05, 0.1) is 17.6 Å². The van der Waals surface area contributed by atoms with E-state index in [1.807, 2.05) is 61.2 Å². The molecule has 1 aliphatic carbocycles. The number of hydrogen-bond donors (Lipinski definition) is 0. The largest absolute Gasteiger partial charge is 0.457 e. The highest BCUT2D eigenvalue weighted by Gasteiger charge is 2.55. The van der Waals surface area contributed by atoms with E-state index in [0.717, 1.165) is 33.5 Å². The van der Waals surface area contributed by atoms with Crippen molar-refractivity contribution in [1.82, 2.24) is 9.55 Å². The van der Waals surface area contributed by atoms with Crippen LogP contribution < -0.4 is 0 Å². The van der Waals surface area contributed by atoms with Crippen LogP contribution in [0.2, 0.25) is 0 Å². The number of aromatic nitrogens is 2. The van der Waals surface area contributed by atoms with Crippen LogP contribution in [0.3, 0.4) is 0 Å². The zero-order chi connectivity index (χ0) is 35.9. The van der Waals surface area contributed by atoms with Crippen LogP contribution in [0.5, 0.6) is 0 Å². The number of carbonyl (C=O) groups is 2. The molecule has 6 atom stereocenters. The second kappa shape index (κ2) is 13.7. The zero-order valence-electron chi connectivity index (χ0n) is 30.2. The summed E-state index contributed by atoms with van der Waals surface area (Å²) in [6.45, 7) is 8.53. The van der Waals surface area contributed by atoms with Gasteiger partial charge < -0.3 is 23.5 Å². The SMILES string of the molecule is CO[C@]12C=C[C@](C)(O1)[C@@H](OC(=O)/C=C/c1cn(C)cn1)C[C@H]1C(C)=CC[C@H](C(C)C)[C@H]1/C=C\2C(=O)OCc1c2ccccc2cc2ccccc12. The lowest BCUT2D eigenvalue weighted by molar-refractivity contribution is -0.227. The van der Waals surface area contributed by atoms with Crippen molar-refractivity contribution in [3.8, 4) is 0 Å². The van der Waals surface area contributed by atoms with Gasteiger partial charge in [-0.25, -0.2) is 14.6 Å². The summed E-state index contributed by atoms with van der Waals surface area (Å²) < 4.78 is 27.3. The van der Waals surface area contributed by atoms with Crippen LogP contribution in [0.15, 0.2) is 109 Å². The number of hydrogen-bond acceptors (Lipinski definition) is 7. The average molecular weight is 687 g/mol. The number of carbonyl (C=O) groups excluding carboxylic acids is 2. The first kappa shape index (κ1) is 34.6. The quantitative estimate of drug-likeness (QED) is 0.0798. The molecule has 0 saturated carbocycles. The van der Waals surface area contributed by atoms with Gasteiger partial charge in [0.1, 0.15) is 18.3 Å². The van der Waals surface area contributed by atoms with Gasteiger partial charge in [-0.2, -0.15) is 0 Å². The molecule has 0 N–H and O–H groups in total. The minimum atomic E-state index is -1.55. The van der Waals surface area contributed by atoms with Gasteiger partial charge in [-0.05, 0) is 96.2 Å². The summed E-state index contributed by atoms with van der Waals surface area (Å²) in [6, 6.07) is 18.5. The Kier molecular flexibility index (Phi) is 9.33. The first-order valence-corrected chi connectivity index (χ1v) is 17.8. The topological polar surface area (TPSA) is 88.9 Å². The summed E-state index contributed by atoms with van der Waals surface area (Å²) in [5, 5.41) is 4.23. The molecule has 3 heterocycles. The predicted molar refractivity (Wildman–Crippen MR) is 198 cm³/mol. The number of methoxy groups -OCH3 is 1. The summed E-state index contributed by atoms with van der Waals surface area (Å²) in [5.74, 6) is -2.09. The highest BCUT2D eigenvalue weighted by Crippen LogP contribution is 2.50. The first-order valence-electron chi connectivity index (χ1n) is 17.8. The molecule has 8 nitrogen and oxygen atoms in total. The fourth-order valence-electron chi connectivity index (χ4n) is 8.22. The van der Waals surface area contributed by atoms with E-state index < -0.39 is 29.4 Å². The lowest BCUT2D eigenvalue weighted by Gasteiger charge is -2.41. The highest BCUT2D eigenvalue weighted by molar-refractivity contribution is 6.02. The minimum Gasteiger partial charge on any atom is -0.457 e. The third-order valence-corrected chi connectivity index (χ3v) is 11.1. The molecule has 0 spiro atoms. The number of fused-ring (bicyclic) bond motifs is 5. The van der Waals surface area contributed by atoms with Gasteiger partial charge >= 0.3 is 11.9 Å². The van der Waals surface area contributed by atoms with Gasteiger partial charge in [-0.3, -0.25) is 0 Å². The Hall–Kier alpha value is -4.79. The molecule has 2 bridgehead atoms. The standard InChI is InChI=1S/C43H46N2O6/c1-27(2)32-17-15-28(3)35-23-39(50-40(46)18-16-31-24-45(5)26-44-31)42(4)19-20-43(48-6,51-42)38(22-36(32)35)41(47)49-25-37-33-13-9-7-11-29(33)21-30-12-8-10-14-34(30)37/h7-16,18-22,24,26-27,32,35-36,39H,17,23,25H2,1-6H3/b18-16+,38-22-/t32-,35+,36-,39+,42+,43-/m1/s1. The fourth-order valence-corrected chi connectivity index (χ4v) is 8.22. The fraction of sp³-hybridized carbons (Fsp3) is 0.372. The molecule has 3 aliphatic rings. The van der Waals surface area contributed by atoms with Crippen LogP contribution in [-0.2, 0) is 42.2 Å². The van der Waals surface area contributed by atoms with Crippen molar-refractivity contribution >= 4 is 39.6 Å². The Bertz CT molecular complexity index is 2050. The molecule has 0 radical (unpaired) electrons. The van der Waals surface area contributed by atoms with Crippen molar-refractivity contribution in [3.05, 3.63) is 120 Å². The number of imidazole rings is 1. The Morgan fingerprint density at radius 2 is 1.78 bits per heavy atom. The molecule has 4 aromatic rings. The van der Waals surface area contributed by atoms with E-state index in [1.165, 1.54) is 18.8 Å². The molecule has 7 rings (SSSR count). The van der Waals surface area contributed by atoms with E-state index in [1.54, 1.807) is 18.5 Å². The Labute approximate surface area is 299 Å². The molecule has 0 fully saturated rings. The van der Waals surface area contributed by atoms with E-state index in [4.69, 9.17) is 18.9 Å². The Balaban J connectivity index is 1.26. The van der Waals surface area contributed by atoms with Crippen LogP contribution in [0, 0.1) is 23.7 Å². The normalized spacial score (nSPS) is 28.5. The lowest BCUT2D eigenvalue weighted by atomic mass is 9.65. The number of esters is 2. The van der Waals surface area contributed by atoms with E-state index in [9.17, 15) is 9.59 Å². The van der Waals surface area contributed by atoms with Crippen LogP contribution in [0.4, 0.5) is 0 Å². The minimum absolute atomic E-state index is 0.0180. The van der Waals surface area contributed by atoms with Gasteiger partial charge in [0.15, 0.2) is 0 Å². The maximum atomic E-state index is 14.6. The van der Waals surface area contributed by atoms with E-state index in [0.29, 0.717) is 23.6 Å². The van der Waals surface area contributed by atoms with Crippen molar-refractivity contribution < 1.29 is 28.5 Å². The smallest absolute Gasteiger partial charge is 0.339 e. The van der Waals surface area contributed by atoms with E-state index in [-0.39, 0.29) is 24.4 Å². The van der Waals surface area contributed by atoms with Gasteiger partial charge in [-0.15, -0.1) is 0 Å². The number of rotatable bonds is 8. The molecule has 2 aliphatic heterocycles. The van der Waals surface area contributed by atoms with E-state index in [2.05, 4.69) is 62.2 Å². The number of nitrogens with zero attached hydrogens (tertiary/aromatic N) is 2. The molecule has 1 aromatic heterocycles. The van der Waals surface area contributed by atoms with E-state index >= 15 is 0 Å². The monoisotopic (exact) mass is 686 g/mol. The van der Waals surface area contributed by atoms with Gasteiger partial charge in [0, 0.05) is 32.0 Å². The predicted octanol–water partition coefficient (Wildman–Crippen LogP) is 8.27. The maximum absolute atomic E-state index is 14.6. The number of benzene rings is 3. The second-order valence-electron chi connectivity index (χ2n) is 14.7. The van der Waals surface area contributed by atoms with Crippen LogP contribution in [0.25, 0.3) is 27.6 Å². The first-order chi connectivity index (χ1) is 24.5. The van der Waals surface area contributed by atoms with Crippen LogP contribution in [-0.4, -0.2) is 46.1 Å². The molecule has 51 heavy (non-hydrogen) atoms. The molecular formula is C43H46N2O6. The van der Waals surface area contributed by atoms with Gasteiger partial charge in [0.2, 0.25) is 5.79 Å². The van der Waals surface area contributed by atoms with Crippen molar-refractivity contribution in [2.45, 2.75) is 64.6 Å². The van der Waals surface area contributed by atoms with Gasteiger partial charge in [-0.1, -0.05) is 80.1 Å². The number of ether oxygens (including phenoxy) is 4. The molecule has 0 amide bonds. The number of aryl methyl sites for hydroxylation is 1. The molecular weight excluding hydrogens is 640 g/mol. The highest BCUT2D eigenvalue weighted by atomic mass is 16.7. The molecule has 0 unspecified atom stereocenters. The van der Waals surface area contributed by atoms with Crippen molar-refractivity contribution in [2.75, 3.05) is 7.11 Å². The molecule has 0 saturated heterocycles. The summed E-state index contributed by atoms with van der Waals surface area (Å²) in [7, 11) is 3.41. The third-order valence-electron chi connectivity index (χ3n) is 11.1. The zero-order valence-corrected chi connectivity index (χ0v) is 30.2. The Morgan fingerprint density at radius 1 is 1.08 bits per heavy atom. The molecule has 264 valence electrons. The number of allylic oxidation sites excluding steroid dienone is 3. The lowest BCUT2D eigenvalue weighted by Crippen LogP contribution is -2.48. The van der Waals surface area contributed by atoms with Crippen molar-refractivity contribution in [3.63, 3.8) is 0 Å². The van der Waals surface area contributed by atoms with Gasteiger partial charge in [0.25, 0.3) is 0 Å². The maximum Gasteiger partial charge on any atom is 0.339 e. The van der Waals surface area contributed by atoms with Crippen molar-refractivity contribution in [1.29, 1.82) is 0 Å². The summed E-state index contributed by atoms with van der Waals surface area (Å²) in [5.41, 5.74) is 1.99. The molecule has 8 heteroatoms. The summed E-state index contributed by atoms with van der Waals surface area (Å²) in [4.78, 5) is 32.2. The second-order valence-corrected chi connectivity index (χ2v) is 14.7. The van der Waals surface area contributed by atoms with Crippen molar-refractivity contribution in [2.24, 2.45) is 30.7 Å². The van der Waals surface area contributed by atoms with Crippen LogP contribution >= 0.6 is 0 Å². The average Bonchev–Trinajstić information content (AvgIpc) is 3.72. The van der Waals surface area contributed by atoms with Crippen LogP contribution in [0.1, 0.15) is 51.8 Å².